The molecule has 1 aliphatic rings. The quantitative estimate of drug-likeness (QED) is 0.677. The molecule has 0 spiro atoms. The average molecular weight is 430 g/mol. The molecule has 1 heterocycles. The molecule has 1 fully saturated rings. The number of sulfonamides is 1. The third-order valence-electron chi connectivity index (χ3n) is 5.57. The molecule has 0 unspecified atom stereocenters. The van der Waals surface area contributed by atoms with Gasteiger partial charge in [-0.05, 0) is 55.5 Å². The van der Waals surface area contributed by atoms with Crippen LogP contribution in [0, 0.1) is 6.92 Å². The van der Waals surface area contributed by atoms with Crippen molar-refractivity contribution in [1.82, 2.24) is 4.90 Å². The van der Waals surface area contributed by atoms with Gasteiger partial charge in [-0.2, -0.15) is 0 Å². The van der Waals surface area contributed by atoms with E-state index in [4.69, 9.17) is 0 Å². The molecule has 0 atom stereocenters. The van der Waals surface area contributed by atoms with Crippen LogP contribution in [0.1, 0.15) is 30.4 Å². The highest BCUT2D eigenvalue weighted by Crippen LogP contribution is 2.23. The van der Waals surface area contributed by atoms with Crippen LogP contribution in [0.2, 0.25) is 0 Å². The fourth-order valence-electron chi connectivity index (χ4n) is 3.79. The van der Waals surface area contributed by atoms with E-state index in [-0.39, 0.29) is 12.5 Å². The largest absolute Gasteiger partial charge is 0.372 e. The molecule has 0 bridgehead atoms. The lowest BCUT2D eigenvalue weighted by Gasteiger charge is -2.29. The summed E-state index contributed by atoms with van der Waals surface area (Å²) in [5, 5.41) is 0. The van der Waals surface area contributed by atoms with Crippen LogP contribution in [0.4, 0.5) is 11.4 Å². The second-order valence-corrected chi connectivity index (χ2v) is 9.93. The van der Waals surface area contributed by atoms with E-state index in [2.05, 4.69) is 17.0 Å². The Morgan fingerprint density at radius 1 is 1.00 bits per heavy atom. The summed E-state index contributed by atoms with van der Waals surface area (Å²) in [7, 11) is -1.87. The van der Waals surface area contributed by atoms with Crippen LogP contribution in [0.25, 0.3) is 0 Å². The van der Waals surface area contributed by atoms with Gasteiger partial charge in [0, 0.05) is 32.4 Å². The second-order valence-electron chi connectivity index (χ2n) is 8.02. The Morgan fingerprint density at radius 2 is 1.63 bits per heavy atom. The third kappa shape index (κ3) is 5.53. The zero-order valence-corrected chi connectivity index (χ0v) is 18.9. The van der Waals surface area contributed by atoms with Crippen LogP contribution < -0.4 is 9.21 Å². The Labute approximate surface area is 180 Å². The standard InChI is InChI=1S/C23H31N3O3S/c1-19-9-5-6-10-22(19)26(30(3,28)29)18-23(27)24(2)17-20-11-13-21(14-12-20)25-15-7-4-8-16-25/h5-6,9-14H,4,7-8,15-18H2,1-3H3. The van der Waals surface area contributed by atoms with Gasteiger partial charge in [-0.25, -0.2) is 8.42 Å². The van der Waals surface area contributed by atoms with E-state index in [1.165, 1.54) is 29.3 Å². The van der Waals surface area contributed by atoms with Crippen molar-refractivity contribution in [3.8, 4) is 0 Å². The molecule has 6 nitrogen and oxygen atoms in total. The Bertz CT molecular complexity index is 967. The van der Waals surface area contributed by atoms with Crippen molar-refractivity contribution >= 4 is 27.3 Å². The SMILES string of the molecule is Cc1ccccc1N(CC(=O)N(C)Cc1ccc(N2CCCCC2)cc1)S(C)(=O)=O. The molecule has 7 heteroatoms. The van der Waals surface area contributed by atoms with Crippen molar-refractivity contribution in [2.24, 2.45) is 0 Å². The third-order valence-corrected chi connectivity index (χ3v) is 6.69. The van der Waals surface area contributed by atoms with Crippen molar-refractivity contribution in [3.05, 3.63) is 59.7 Å². The number of benzene rings is 2. The van der Waals surface area contributed by atoms with Crippen LogP contribution in [0.15, 0.2) is 48.5 Å². The Balaban J connectivity index is 1.66. The van der Waals surface area contributed by atoms with Gasteiger partial charge in [-0.3, -0.25) is 9.10 Å². The van der Waals surface area contributed by atoms with Gasteiger partial charge in [-0.1, -0.05) is 30.3 Å². The first-order chi connectivity index (χ1) is 14.3. The Morgan fingerprint density at radius 3 is 2.23 bits per heavy atom. The number of likely N-dealkylation sites (N-methyl/N-ethyl adjacent to an activating group) is 1. The molecule has 162 valence electrons. The molecule has 2 aromatic carbocycles. The van der Waals surface area contributed by atoms with Crippen LogP contribution in [0.3, 0.4) is 0 Å². The predicted molar refractivity (Wildman–Crippen MR) is 122 cm³/mol. The van der Waals surface area contributed by atoms with Crippen molar-refractivity contribution in [2.75, 3.05) is 42.1 Å². The number of para-hydroxylation sites is 1. The van der Waals surface area contributed by atoms with E-state index in [9.17, 15) is 13.2 Å². The number of piperidine rings is 1. The number of anilines is 2. The van der Waals surface area contributed by atoms with Gasteiger partial charge >= 0.3 is 0 Å². The summed E-state index contributed by atoms with van der Waals surface area (Å²) in [6.45, 7) is 4.25. The fraction of sp³-hybridized carbons (Fsp3) is 0.435. The number of nitrogens with zero attached hydrogens (tertiary/aromatic N) is 3. The zero-order chi connectivity index (χ0) is 21.7. The number of hydrogen-bond acceptors (Lipinski definition) is 4. The maximum Gasteiger partial charge on any atom is 0.243 e. The van der Waals surface area contributed by atoms with Gasteiger partial charge in [0.1, 0.15) is 6.54 Å². The first-order valence-corrected chi connectivity index (χ1v) is 12.2. The molecular formula is C23H31N3O3S. The van der Waals surface area contributed by atoms with E-state index < -0.39 is 10.0 Å². The normalized spacial score (nSPS) is 14.4. The second kappa shape index (κ2) is 9.51. The Hall–Kier alpha value is -2.54. The van der Waals surface area contributed by atoms with Crippen molar-refractivity contribution in [3.63, 3.8) is 0 Å². The Kier molecular flexibility index (Phi) is 7.02. The number of aryl methyl sites for hydroxylation is 1. The van der Waals surface area contributed by atoms with Crippen LogP contribution >= 0.6 is 0 Å². The first kappa shape index (κ1) is 22.2. The van der Waals surface area contributed by atoms with Crippen molar-refractivity contribution < 1.29 is 13.2 Å². The van der Waals surface area contributed by atoms with Gasteiger partial charge in [0.25, 0.3) is 0 Å². The van der Waals surface area contributed by atoms with E-state index in [0.29, 0.717) is 12.2 Å². The molecule has 0 radical (unpaired) electrons. The molecule has 1 saturated heterocycles. The highest BCUT2D eigenvalue weighted by molar-refractivity contribution is 7.92. The summed E-state index contributed by atoms with van der Waals surface area (Å²) in [5.74, 6) is -0.246. The van der Waals surface area contributed by atoms with Gasteiger partial charge in [-0.15, -0.1) is 0 Å². The minimum Gasteiger partial charge on any atom is -0.372 e. The lowest BCUT2D eigenvalue weighted by molar-refractivity contribution is -0.128. The molecule has 3 rings (SSSR count). The van der Waals surface area contributed by atoms with E-state index >= 15 is 0 Å². The minimum absolute atomic E-state index is 0.216. The van der Waals surface area contributed by atoms with Crippen molar-refractivity contribution in [2.45, 2.75) is 32.7 Å². The number of amides is 1. The fourth-order valence-corrected chi connectivity index (χ4v) is 4.70. The average Bonchev–Trinajstić information content (AvgIpc) is 2.73. The van der Waals surface area contributed by atoms with Crippen molar-refractivity contribution in [1.29, 1.82) is 0 Å². The lowest BCUT2D eigenvalue weighted by atomic mass is 10.1. The molecule has 0 saturated carbocycles. The molecule has 0 aromatic heterocycles. The van der Waals surface area contributed by atoms with E-state index in [1.54, 1.807) is 24.1 Å². The van der Waals surface area contributed by atoms with Gasteiger partial charge in [0.05, 0.1) is 11.9 Å². The number of hydrogen-bond donors (Lipinski definition) is 0. The number of carbonyl (C=O) groups is 1. The number of carbonyl (C=O) groups excluding carboxylic acids is 1. The molecule has 1 amide bonds. The molecule has 1 aliphatic heterocycles. The summed E-state index contributed by atoms with van der Waals surface area (Å²) in [5.41, 5.74) is 3.59. The summed E-state index contributed by atoms with van der Waals surface area (Å²) < 4.78 is 25.9. The minimum atomic E-state index is -3.58. The molecule has 0 N–H and O–H groups in total. The highest BCUT2D eigenvalue weighted by atomic mass is 32.2. The molecule has 30 heavy (non-hydrogen) atoms. The van der Waals surface area contributed by atoms with Gasteiger partial charge in [0.2, 0.25) is 15.9 Å². The maximum absolute atomic E-state index is 12.8. The topological polar surface area (TPSA) is 60.9 Å². The first-order valence-electron chi connectivity index (χ1n) is 10.4. The highest BCUT2D eigenvalue weighted by Gasteiger charge is 2.24. The maximum atomic E-state index is 12.8. The van der Waals surface area contributed by atoms with E-state index in [0.717, 1.165) is 30.5 Å². The summed E-state index contributed by atoms with van der Waals surface area (Å²) >= 11 is 0. The van der Waals surface area contributed by atoms with E-state index in [1.807, 2.05) is 31.2 Å². The van der Waals surface area contributed by atoms with Gasteiger partial charge in [0.15, 0.2) is 0 Å². The molecule has 0 aliphatic carbocycles. The van der Waals surface area contributed by atoms with Crippen LogP contribution in [-0.4, -0.2) is 52.2 Å². The smallest absolute Gasteiger partial charge is 0.243 e. The van der Waals surface area contributed by atoms with Gasteiger partial charge < -0.3 is 9.80 Å². The van der Waals surface area contributed by atoms with Crippen LogP contribution in [0.5, 0.6) is 0 Å². The zero-order valence-electron chi connectivity index (χ0n) is 18.0. The molecule has 2 aromatic rings. The number of rotatable bonds is 7. The summed E-state index contributed by atoms with van der Waals surface area (Å²) in [4.78, 5) is 16.8. The summed E-state index contributed by atoms with van der Waals surface area (Å²) in [6, 6.07) is 15.5. The predicted octanol–water partition coefficient (Wildman–Crippen LogP) is 3.41. The molecular weight excluding hydrogens is 398 g/mol. The lowest BCUT2D eigenvalue weighted by Crippen LogP contribution is -2.41. The monoisotopic (exact) mass is 429 g/mol. The van der Waals surface area contributed by atoms with Crippen LogP contribution in [-0.2, 0) is 21.4 Å². The summed E-state index contributed by atoms with van der Waals surface area (Å²) in [6.07, 6.45) is 4.90.